The van der Waals surface area contributed by atoms with E-state index in [1.165, 1.54) is 24.3 Å². The van der Waals surface area contributed by atoms with Crippen molar-refractivity contribution in [1.82, 2.24) is 0 Å². The highest BCUT2D eigenvalue weighted by atomic mass is 31.1. The van der Waals surface area contributed by atoms with Crippen LogP contribution in [-0.4, -0.2) is 17.3 Å². The maximum Gasteiger partial charge on any atom is 0.347 e. The molecule has 0 spiro atoms. The van der Waals surface area contributed by atoms with Crippen LogP contribution in [0, 0.1) is 0 Å². The molecule has 1 unspecified atom stereocenters. The van der Waals surface area contributed by atoms with E-state index in [4.69, 9.17) is 0 Å². The van der Waals surface area contributed by atoms with Crippen molar-refractivity contribution < 1.29 is 22.0 Å². The summed E-state index contributed by atoms with van der Waals surface area (Å²) in [7, 11) is -2.29. The van der Waals surface area contributed by atoms with Crippen molar-refractivity contribution in [3.05, 3.63) is 60.7 Å². The first-order valence-electron chi connectivity index (χ1n) is 7.64. The molecule has 0 heterocycles. The van der Waals surface area contributed by atoms with Gasteiger partial charge in [0, 0.05) is 14.3 Å². The summed E-state index contributed by atoms with van der Waals surface area (Å²) in [6, 6.07) is 15.9. The van der Waals surface area contributed by atoms with E-state index in [1.54, 1.807) is 36.4 Å². The molecule has 2 aromatic carbocycles. The van der Waals surface area contributed by atoms with E-state index in [0.717, 1.165) is 0 Å². The maximum atomic E-state index is 15.7. The van der Waals surface area contributed by atoms with Gasteiger partial charge >= 0.3 is 11.8 Å². The van der Waals surface area contributed by atoms with Crippen LogP contribution in [0.1, 0.15) is 19.3 Å². The Hall–Kier alpha value is -1.48. The van der Waals surface area contributed by atoms with Crippen molar-refractivity contribution in [3.8, 4) is 0 Å². The summed E-state index contributed by atoms with van der Waals surface area (Å²) in [5.74, 6) is -9.06. The molecule has 1 aliphatic rings. The fraction of sp³-hybridized carbons (Fsp3) is 0.333. The lowest BCUT2D eigenvalue weighted by Gasteiger charge is -2.46. The first-order valence-corrected chi connectivity index (χ1v) is 8.99. The molecule has 1 aliphatic carbocycles. The van der Waals surface area contributed by atoms with Gasteiger partial charge < -0.3 is 0 Å². The third kappa shape index (κ3) is 2.63. The van der Waals surface area contributed by atoms with Gasteiger partial charge in [0.15, 0.2) is 0 Å². The Bertz CT molecular complexity index is 650. The largest absolute Gasteiger partial charge is 0.347 e. The molecule has 128 valence electrons. The van der Waals surface area contributed by atoms with Gasteiger partial charge in [0.1, 0.15) is 0 Å². The Labute approximate surface area is 138 Å². The van der Waals surface area contributed by atoms with Gasteiger partial charge in [-0.25, -0.2) is 4.39 Å². The predicted molar refractivity (Wildman–Crippen MR) is 86.7 cm³/mol. The summed E-state index contributed by atoms with van der Waals surface area (Å²) in [5.41, 5.74) is 0. The van der Waals surface area contributed by atoms with Gasteiger partial charge in [-0.3, -0.25) is 0 Å². The highest BCUT2D eigenvalue weighted by Crippen LogP contribution is 2.65. The van der Waals surface area contributed by atoms with Crippen molar-refractivity contribution in [2.24, 2.45) is 0 Å². The second kappa shape index (κ2) is 6.11. The summed E-state index contributed by atoms with van der Waals surface area (Å²) in [6.45, 7) is 0. The van der Waals surface area contributed by atoms with Gasteiger partial charge in [0.25, 0.3) is 0 Å². The Balaban J connectivity index is 2.18. The molecule has 1 atom stereocenters. The van der Waals surface area contributed by atoms with Crippen LogP contribution >= 0.6 is 7.92 Å². The Morgan fingerprint density at radius 3 is 1.58 bits per heavy atom. The highest BCUT2D eigenvalue weighted by molar-refractivity contribution is 7.74. The molecule has 1 fully saturated rings. The summed E-state index contributed by atoms with van der Waals surface area (Å²) < 4.78 is 72.5. The molecule has 0 aliphatic heterocycles. The van der Waals surface area contributed by atoms with Gasteiger partial charge in [0.2, 0.25) is 5.41 Å². The minimum atomic E-state index is -4.71. The fourth-order valence-electron chi connectivity index (χ4n) is 3.10. The zero-order valence-corrected chi connectivity index (χ0v) is 13.6. The van der Waals surface area contributed by atoms with E-state index in [2.05, 4.69) is 0 Å². The van der Waals surface area contributed by atoms with Gasteiger partial charge in [-0.05, 0) is 23.5 Å². The zero-order valence-electron chi connectivity index (χ0n) is 12.7. The SMILES string of the molecule is FC1(F)CCCC(F)(P(c2ccccc2)c2ccccc2)C1(F)F. The summed E-state index contributed by atoms with van der Waals surface area (Å²) in [5, 5.41) is -2.62. The van der Waals surface area contributed by atoms with Crippen molar-refractivity contribution in [2.45, 2.75) is 36.5 Å². The molecule has 0 N–H and O–H groups in total. The number of hydrogen-bond acceptors (Lipinski definition) is 0. The summed E-state index contributed by atoms with van der Waals surface area (Å²) in [4.78, 5) is 0. The normalized spacial score (nSPS) is 25.6. The zero-order chi connectivity index (χ0) is 17.4. The van der Waals surface area contributed by atoms with Gasteiger partial charge in [-0.1, -0.05) is 60.7 Å². The second-order valence-corrected chi connectivity index (χ2v) is 8.31. The minimum Gasteiger partial charge on any atom is -0.231 e. The molecule has 0 aromatic heterocycles. The molecule has 0 radical (unpaired) electrons. The summed E-state index contributed by atoms with van der Waals surface area (Å²) in [6.07, 6.45) is -1.83. The van der Waals surface area contributed by atoms with Crippen LogP contribution in [-0.2, 0) is 0 Å². The van der Waals surface area contributed by atoms with E-state index in [1.807, 2.05) is 0 Å². The molecule has 0 saturated heterocycles. The smallest absolute Gasteiger partial charge is 0.231 e. The number of alkyl halides is 5. The molecule has 0 amide bonds. The van der Waals surface area contributed by atoms with Crippen LogP contribution < -0.4 is 10.6 Å². The van der Waals surface area contributed by atoms with Crippen LogP contribution in [0.4, 0.5) is 22.0 Å². The van der Waals surface area contributed by atoms with Gasteiger partial charge in [0.05, 0.1) is 0 Å². The van der Waals surface area contributed by atoms with E-state index in [-0.39, 0.29) is 6.42 Å². The van der Waals surface area contributed by atoms with E-state index in [9.17, 15) is 17.6 Å². The first-order chi connectivity index (χ1) is 11.3. The Kier molecular flexibility index (Phi) is 4.41. The van der Waals surface area contributed by atoms with Crippen molar-refractivity contribution >= 4 is 18.5 Å². The molecule has 0 bridgehead atoms. The van der Waals surface area contributed by atoms with E-state index >= 15 is 4.39 Å². The second-order valence-electron chi connectivity index (χ2n) is 5.90. The van der Waals surface area contributed by atoms with Crippen molar-refractivity contribution in [1.29, 1.82) is 0 Å². The third-order valence-electron chi connectivity index (χ3n) is 4.32. The van der Waals surface area contributed by atoms with Gasteiger partial charge in [-0.15, -0.1) is 0 Å². The number of hydrogen-bond donors (Lipinski definition) is 0. The van der Waals surface area contributed by atoms with Crippen LogP contribution in [0.2, 0.25) is 0 Å². The monoisotopic (exact) mass is 358 g/mol. The lowest BCUT2D eigenvalue weighted by atomic mass is 9.90. The van der Waals surface area contributed by atoms with Crippen molar-refractivity contribution in [2.75, 3.05) is 0 Å². The highest BCUT2D eigenvalue weighted by Gasteiger charge is 2.74. The lowest BCUT2D eigenvalue weighted by molar-refractivity contribution is -0.268. The van der Waals surface area contributed by atoms with Crippen LogP contribution in [0.3, 0.4) is 0 Å². The van der Waals surface area contributed by atoms with Crippen LogP contribution in [0.25, 0.3) is 0 Å². The van der Waals surface area contributed by atoms with E-state index in [0.29, 0.717) is 10.6 Å². The molecule has 24 heavy (non-hydrogen) atoms. The molecule has 3 rings (SSSR count). The topological polar surface area (TPSA) is 0 Å². The number of halogens is 5. The summed E-state index contributed by atoms with van der Waals surface area (Å²) >= 11 is 0. The average molecular weight is 358 g/mol. The molecular weight excluding hydrogens is 342 g/mol. The molecule has 0 nitrogen and oxygen atoms in total. The maximum absolute atomic E-state index is 15.7. The Morgan fingerprint density at radius 2 is 1.12 bits per heavy atom. The molecule has 1 saturated carbocycles. The standard InChI is InChI=1S/C18H16F5P/c19-16(20)12-7-13-17(21,18(16,22)23)24(14-8-3-1-4-9-14)15-10-5-2-6-11-15/h1-6,8-11H,7,12-13H2. The van der Waals surface area contributed by atoms with Crippen LogP contribution in [0.5, 0.6) is 0 Å². The fourth-order valence-corrected chi connectivity index (χ4v) is 5.99. The quantitative estimate of drug-likeness (QED) is 0.520. The first kappa shape index (κ1) is 17.3. The number of rotatable bonds is 3. The number of benzene rings is 2. The molecular formula is C18H16F5P. The third-order valence-corrected chi connectivity index (χ3v) is 7.16. The van der Waals surface area contributed by atoms with Crippen LogP contribution in [0.15, 0.2) is 60.7 Å². The minimum absolute atomic E-state index is 0.266. The average Bonchev–Trinajstić information content (AvgIpc) is 2.55. The predicted octanol–water partition coefficient (Wildman–Crippen LogP) is 5.24. The molecule has 2 aromatic rings. The molecule has 6 heteroatoms. The van der Waals surface area contributed by atoms with E-state index < -0.39 is 38.0 Å². The van der Waals surface area contributed by atoms with Crippen molar-refractivity contribution in [3.63, 3.8) is 0 Å². The Morgan fingerprint density at radius 1 is 0.667 bits per heavy atom. The lowest BCUT2D eigenvalue weighted by Crippen LogP contribution is -2.59. The van der Waals surface area contributed by atoms with Gasteiger partial charge in [-0.2, -0.15) is 17.6 Å².